The largest absolute Gasteiger partial charge is 0.316 e. The van der Waals surface area contributed by atoms with Gasteiger partial charge in [0.15, 0.2) is 0 Å². The Morgan fingerprint density at radius 2 is 2.32 bits per heavy atom. The van der Waals surface area contributed by atoms with Crippen molar-refractivity contribution in [1.82, 2.24) is 15.3 Å². The molecular formula is C13H16ClN3OS. The van der Waals surface area contributed by atoms with Gasteiger partial charge in [-0.3, -0.25) is 4.79 Å². The molecule has 0 radical (unpaired) electrons. The van der Waals surface area contributed by atoms with Gasteiger partial charge in [-0.15, -0.1) is 23.7 Å². The number of nitrogens with zero attached hydrogens (tertiary/aromatic N) is 1. The highest BCUT2D eigenvalue weighted by Crippen LogP contribution is 2.24. The third-order valence-corrected chi connectivity index (χ3v) is 4.11. The number of hydrogen-bond donors (Lipinski definition) is 2. The molecule has 19 heavy (non-hydrogen) atoms. The smallest absolute Gasteiger partial charge is 0.251 e. The predicted octanol–water partition coefficient (Wildman–Crippen LogP) is 2.39. The summed E-state index contributed by atoms with van der Waals surface area (Å²) in [4.78, 5) is 20.3. The van der Waals surface area contributed by atoms with E-state index >= 15 is 0 Å². The molecule has 1 atom stereocenters. The second kappa shape index (κ2) is 6.32. The van der Waals surface area contributed by atoms with Crippen LogP contribution < -0.4 is 10.9 Å². The van der Waals surface area contributed by atoms with E-state index in [1.54, 1.807) is 17.4 Å². The maximum atomic E-state index is 11.7. The Kier molecular flexibility index (Phi) is 4.74. The molecule has 1 unspecified atom stereocenters. The zero-order chi connectivity index (χ0) is 12.4. The highest BCUT2D eigenvalue weighted by atomic mass is 35.5. The molecule has 0 bridgehead atoms. The van der Waals surface area contributed by atoms with Crippen LogP contribution in [0.1, 0.15) is 24.6 Å². The number of aromatic nitrogens is 2. The average molecular weight is 298 g/mol. The Bertz CT molecular complexity index is 576. The van der Waals surface area contributed by atoms with Crippen molar-refractivity contribution >= 4 is 23.7 Å². The SMILES string of the molecule is Cl.O=c1cc(-c2cccs2)nc(C2CCCNC2)[nH]1. The fourth-order valence-corrected chi connectivity index (χ4v) is 2.99. The van der Waals surface area contributed by atoms with E-state index in [9.17, 15) is 4.79 Å². The zero-order valence-corrected chi connectivity index (χ0v) is 12.0. The van der Waals surface area contributed by atoms with E-state index in [1.165, 1.54) is 0 Å². The Balaban J connectivity index is 0.00000133. The van der Waals surface area contributed by atoms with Gasteiger partial charge in [0.1, 0.15) is 5.82 Å². The number of piperidine rings is 1. The molecule has 1 aliphatic rings. The Hall–Kier alpha value is -1.17. The molecule has 0 saturated carbocycles. The van der Waals surface area contributed by atoms with Crippen LogP contribution in [0, 0.1) is 0 Å². The van der Waals surface area contributed by atoms with Gasteiger partial charge in [-0.05, 0) is 30.8 Å². The van der Waals surface area contributed by atoms with E-state index in [1.807, 2.05) is 17.5 Å². The van der Waals surface area contributed by atoms with Gasteiger partial charge in [-0.2, -0.15) is 0 Å². The summed E-state index contributed by atoms with van der Waals surface area (Å²) >= 11 is 1.61. The lowest BCUT2D eigenvalue weighted by molar-refractivity contribution is 0.446. The fourth-order valence-electron chi connectivity index (χ4n) is 2.31. The molecule has 102 valence electrons. The summed E-state index contributed by atoms with van der Waals surface area (Å²) < 4.78 is 0. The summed E-state index contributed by atoms with van der Waals surface area (Å²) in [6, 6.07) is 5.55. The van der Waals surface area contributed by atoms with Crippen LogP contribution in [0.25, 0.3) is 10.6 Å². The highest BCUT2D eigenvalue weighted by Gasteiger charge is 2.18. The average Bonchev–Trinajstić information content (AvgIpc) is 2.93. The van der Waals surface area contributed by atoms with Crippen molar-refractivity contribution < 1.29 is 0 Å². The van der Waals surface area contributed by atoms with E-state index in [0.717, 1.165) is 42.3 Å². The first-order valence-electron chi connectivity index (χ1n) is 6.19. The molecule has 2 aromatic heterocycles. The first-order chi connectivity index (χ1) is 8.83. The molecule has 6 heteroatoms. The Morgan fingerprint density at radius 1 is 1.42 bits per heavy atom. The van der Waals surface area contributed by atoms with Gasteiger partial charge in [0, 0.05) is 18.5 Å². The van der Waals surface area contributed by atoms with Crippen LogP contribution in [-0.4, -0.2) is 23.1 Å². The summed E-state index contributed by atoms with van der Waals surface area (Å²) in [7, 11) is 0. The minimum Gasteiger partial charge on any atom is -0.316 e. The molecule has 1 aliphatic heterocycles. The highest BCUT2D eigenvalue weighted by molar-refractivity contribution is 7.13. The number of H-pyrrole nitrogens is 1. The third kappa shape index (κ3) is 3.23. The summed E-state index contributed by atoms with van der Waals surface area (Å²) in [5.41, 5.74) is 0.725. The van der Waals surface area contributed by atoms with Crippen molar-refractivity contribution in [2.45, 2.75) is 18.8 Å². The molecule has 2 aromatic rings. The quantitative estimate of drug-likeness (QED) is 0.895. The number of hydrogen-bond acceptors (Lipinski definition) is 4. The molecule has 0 spiro atoms. The normalized spacial score (nSPS) is 18.8. The standard InChI is InChI=1S/C13H15N3OS.ClH/c17-12-7-10(11-4-2-6-18-11)15-13(16-12)9-3-1-5-14-8-9;/h2,4,6-7,9,14H,1,3,5,8H2,(H,15,16,17);1H. The number of halogens is 1. The van der Waals surface area contributed by atoms with E-state index in [2.05, 4.69) is 15.3 Å². The molecule has 0 amide bonds. The minimum absolute atomic E-state index is 0. The maximum Gasteiger partial charge on any atom is 0.251 e. The molecular weight excluding hydrogens is 282 g/mol. The first kappa shape index (κ1) is 14.2. The molecule has 3 heterocycles. The molecule has 0 aromatic carbocycles. The van der Waals surface area contributed by atoms with Crippen molar-refractivity contribution in [2.24, 2.45) is 0 Å². The number of aromatic amines is 1. The second-order valence-corrected chi connectivity index (χ2v) is 5.48. The summed E-state index contributed by atoms with van der Waals surface area (Å²) in [5.74, 6) is 1.14. The zero-order valence-electron chi connectivity index (χ0n) is 10.4. The van der Waals surface area contributed by atoms with Crippen LogP contribution in [-0.2, 0) is 0 Å². The Morgan fingerprint density at radius 3 is 3.00 bits per heavy atom. The summed E-state index contributed by atoms with van der Waals surface area (Å²) in [6.07, 6.45) is 2.22. The second-order valence-electron chi connectivity index (χ2n) is 4.54. The van der Waals surface area contributed by atoms with Crippen molar-refractivity contribution in [3.63, 3.8) is 0 Å². The predicted molar refractivity (Wildman–Crippen MR) is 80.3 cm³/mol. The number of nitrogens with one attached hydrogen (secondary N) is 2. The topological polar surface area (TPSA) is 57.8 Å². The van der Waals surface area contributed by atoms with Gasteiger partial charge in [0.05, 0.1) is 10.6 Å². The van der Waals surface area contributed by atoms with Crippen LogP contribution >= 0.6 is 23.7 Å². The summed E-state index contributed by atoms with van der Waals surface area (Å²) in [5, 5.41) is 5.35. The number of thiophene rings is 1. The lowest BCUT2D eigenvalue weighted by Crippen LogP contribution is -2.30. The molecule has 1 saturated heterocycles. The van der Waals surface area contributed by atoms with Gasteiger partial charge in [-0.25, -0.2) is 4.98 Å². The molecule has 3 rings (SSSR count). The van der Waals surface area contributed by atoms with Crippen LogP contribution in [0.5, 0.6) is 0 Å². The monoisotopic (exact) mass is 297 g/mol. The Labute approximate surface area is 121 Å². The van der Waals surface area contributed by atoms with Gasteiger partial charge < -0.3 is 10.3 Å². The van der Waals surface area contributed by atoms with Gasteiger partial charge in [0.25, 0.3) is 5.56 Å². The van der Waals surface area contributed by atoms with Crippen molar-refractivity contribution in [1.29, 1.82) is 0 Å². The third-order valence-electron chi connectivity index (χ3n) is 3.22. The van der Waals surface area contributed by atoms with E-state index in [-0.39, 0.29) is 18.0 Å². The van der Waals surface area contributed by atoms with Gasteiger partial charge in [0.2, 0.25) is 0 Å². The lowest BCUT2D eigenvalue weighted by atomic mass is 9.99. The number of rotatable bonds is 2. The van der Waals surface area contributed by atoms with Gasteiger partial charge >= 0.3 is 0 Å². The summed E-state index contributed by atoms with van der Waals surface area (Å²) in [6.45, 7) is 1.96. The maximum absolute atomic E-state index is 11.7. The van der Waals surface area contributed by atoms with E-state index < -0.39 is 0 Å². The first-order valence-corrected chi connectivity index (χ1v) is 7.07. The van der Waals surface area contributed by atoms with Crippen molar-refractivity contribution in [3.8, 4) is 10.6 Å². The van der Waals surface area contributed by atoms with Crippen LogP contribution in [0.2, 0.25) is 0 Å². The van der Waals surface area contributed by atoms with Crippen LogP contribution in [0.4, 0.5) is 0 Å². The molecule has 0 aliphatic carbocycles. The molecule has 1 fully saturated rings. The van der Waals surface area contributed by atoms with E-state index in [0.29, 0.717) is 5.92 Å². The molecule has 4 nitrogen and oxygen atoms in total. The minimum atomic E-state index is -0.0611. The van der Waals surface area contributed by atoms with Crippen molar-refractivity contribution in [2.75, 3.05) is 13.1 Å². The van der Waals surface area contributed by atoms with Gasteiger partial charge in [-0.1, -0.05) is 6.07 Å². The lowest BCUT2D eigenvalue weighted by Gasteiger charge is -2.21. The van der Waals surface area contributed by atoms with Crippen LogP contribution in [0.3, 0.4) is 0 Å². The molecule has 2 N–H and O–H groups in total. The fraction of sp³-hybridized carbons (Fsp3) is 0.385. The van der Waals surface area contributed by atoms with Crippen molar-refractivity contribution in [3.05, 3.63) is 39.8 Å². The van der Waals surface area contributed by atoms with E-state index in [4.69, 9.17) is 0 Å². The van der Waals surface area contributed by atoms with Crippen LogP contribution in [0.15, 0.2) is 28.4 Å².